The monoisotopic (exact) mass is 257 g/mol. The van der Waals surface area contributed by atoms with Crippen LogP contribution in [0.25, 0.3) is 0 Å². The molecule has 1 heterocycles. The number of ether oxygens (including phenoxy) is 2. The van der Waals surface area contributed by atoms with Crippen LogP contribution in [0.1, 0.15) is 43.8 Å². The molecule has 1 unspecified atom stereocenters. The zero-order valence-corrected chi connectivity index (χ0v) is 11.9. The van der Waals surface area contributed by atoms with E-state index in [1.807, 2.05) is 13.8 Å². The van der Waals surface area contributed by atoms with E-state index in [0.717, 1.165) is 43.2 Å². The number of rotatable bonds is 9. The SMILES string of the molecule is CCOCCCCC(C)OCc1csc(C)n1. The van der Waals surface area contributed by atoms with Crippen LogP contribution in [-0.4, -0.2) is 24.3 Å². The Bertz CT molecular complexity index is 301. The first kappa shape index (κ1) is 14.6. The summed E-state index contributed by atoms with van der Waals surface area (Å²) in [5.41, 5.74) is 1.05. The van der Waals surface area contributed by atoms with E-state index in [1.54, 1.807) is 11.3 Å². The topological polar surface area (TPSA) is 31.4 Å². The van der Waals surface area contributed by atoms with Gasteiger partial charge < -0.3 is 9.47 Å². The third kappa shape index (κ3) is 6.76. The van der Waals surface area contributed by atoms with Gasteiger partial charge in [0.1, 0.15) is 0 Å². The van der Waals surface area contributed by atoms with Crippen molar-refractivity contribution < 1.29 is 9.47 Å². The van der Waals surface area contributed by atoms with Gasteiger partial charge in [0, 0.05) is 18.6 Å². The standard InChI is InChI=1S/C13H23NO2S/c1-4-15-8-6-5-7-11(2)16-9-13-10-17-12(3)14-13/h10-11H,4-9H2,1-3H3. The Morgan fingerprint density at radius 3 is 2.88 bits per heavy atom. The zero-order valence-electron chi connectivity index (χ0n) is 11.1. The van der Waals surface area contributed by atoms with Gasteiger partial charge in [-0.05, 0) is 40.0 Å². The van der Waals surface area contributed by atoms with Crippen LogP contribution < -0.4 is 0 Å². The van der Waals surface area contributed by atoms with Gasteiger partial charge in [0.25, 0.3) is 0 Å². The van der Waals surface area contributed by atoms with E-state index in [2.05, 4.69) is 17.3 Å². The van der Waals surface area contributed by atoms with Gasteiger partial charge in [-0.2, -0.15) is 0 Å². The molecule has 1 atom stereocenters. The lowest BCUT2D eigenvalue weighted by Gasteiger charge is -2.11. The minimum absolute atomic E-state index is 0.304. The highest BCUT2D eigenvalue weighted by molar-refractivity contribution is 7.09. The number of hydrogen-bond donors (Lipinski definition) is 0. The molecule has 3 nitrogen and oxygen atoms in total. The van der Waals surface area contributed by atoms with Crippen LogP contribution in [0.4, 0.5) is 0 Å². The summed E-state index contributed by atoms with van der Waals surface area (Å²) in [6, 6.07) is 0. The van der Waals surface area contributed by atoms with Gasteiger partial charge in [-0.25, -0.2) is 4.98 Å². The lowest BCUT2D eigenvalue weighted by Crippen LogP contribution is -2.08. The fourth-order valence-corrected chi connectivity index (χ4v) is 2.16. The molecule has 1 aromatic rings. The largest absolute Gasteiger partial charge is 0.382 e. The summed E-state index contributed by atoms with van der Waals surface area (Å²) in [5, 5.41) is 3.17. The number of aryl methyl sites for hydroxylation is 1. The maximum atomic E-state index is 5.75. The number of unbranched alkanes of at least 4 members (excludes halogenated alkanes) is 1. The summed E-state index contributed by atoms with van der Waals surface area (Å²) in [4.78, 5) is 4.38. The highest BCUT2D eigenvalue weighted by atomic mass is 32.1. The van der Waals surface area contributed by atoms with Crippen molar-refractivity contribution in [3.8, 4) is 0 Å². The first-order valence-corrected chi connectivity index (χ1v) is 7.20. The molecule has 0 saturated carbocycles. The van der Waals surface area contributed by atoms with Crippen LogP contribution in [0.15, 0.2) is 5.38 Å². The summed E-state index contributed by atoms with van der Waals surface area (Å²) in [7, 11) is 0. The Kier molecular flexibility index (Phi) is 7.40. The molecule has 1 aromatic heterocycles. The average Bonchev–Trinajstić information content (AvgIpc) is 2.72. The van der Waals surface area contributed by atoms with Crippen LogP contribution in [0, 0.1) is 6.92 Å². The van der Waals surface area contributed by atoms with E-state index in [4.69, 9.17) is 9.47 Å². The van der Waals surface area contributed by atoms with Gasteiger partial charge in [0.15, 0.2) is 0 Å². The lowest BCUT2D eigenvalue weighted by atomic mass is 10.2. The van der Waals surface area contributed by atoms with Crippen LogP contribution >= 0.6 is 11.3 Å². The minimum atomic E-state index is 0.304. The molecule has 0 aliphatic rings. The molecule has 0 radical (unpaired) electrons. The van der Waals surface area contributed by atoms with E-state index in [9.17, 15) is 0 Å². The predicted molar refractivity (Wildman–Crippen MR) is 71.4 cm³/mol. The summed E-state index contributed by atoms with van der Waals surface area (Å²) < 4.78 is 11.0. The second-order valence-corrected chi connectivity index (χ2v) is 5.23. The van der Waals surface area contributed by atoms with Crippen molar-refractivity contribution in [1.82, 2.24) is 4.98 Å². The van der Waals surface area contributed by atoms with E-state index >= 15 is 0 Å². The van der Waals surface area contributed by atoms with E-state index < -0.39 is 0 Å². The number of aromatic nitrogens is 1. The Morgan fingerprint density at radius 1 is 1.41 bits per heavy atom. The quantitative estimate of drug-likeness (QED) is 0.634. The molecule has 0 spiro atoms. The third-order valence-electron chi connectivity index (χ3n) is 2.54. The molecule has 0 aliphatic heterocycles. The van der Waals surface area contributed by atoms with Crippen LogP contribution in [0.3, 0.4) is 0 Å². The fraction of sp³-hybridized carbons (Fsp3) is 0.769. The summed E-state index contributed by atoms with van der Waals surface area (Å²) >= 11 is 1.68. The van der Waals surface area contributed by atoms with Crippen LogP contribution in [-0.2, 0) is 16.1 Å². The van der Waals surface area contributed by atoms with Crippen molar-refractivity contribution in [3.05, 3.63) is 16.1 Å². The molecule has 0 bridgehead atoms. The molecule has 0 saturated heterocycles. The molecule has 0 fully saturated rings. The molecular formula is C13H23NO2S. The maximum absolute atomic E-state index is 5.75. The smallest absolute Gasteiger partial charge is 0.0900 e. The average molecular weight is 257 g/mol. The second kappa shape index (κ2) is 8.61. The van der Waals surface area contributed by atoms with Crippen molar-refractivity contribution in [1.29, 1.82) is 0 Å². The molecule has 17 heavy (non-hydrogen) atoms. The Balaban J connectivity index is 2.03. The van der Waals surface area contributed by atoms with Gasteiger partial charge >= 0.3 is 0 Å². The van der Waals surface area contributed by atoms with Crippen molar-refractivity contribution in [2.75, 3.05) is 13.2 Å². The molecule has 98 valence electrons. The number of thiazole rings is 1. The van der Waals surface area contributed by atoms with Crippen molar-refractivity contribution in [3.63, 3.8) is 0 Å². The first-order chi connectivity index (χ1) is 8.22. The van der Waals surface area contributed by atoms with Gasteiger partial charge in [-0.3, -0.25) is 0 Å². The Labute approximate surface area is 108 Å². The summed E-state index contributed by atoms with van der Waals surface area (Å²) in [6.45, 7) is 8.49. The fourth-order valence-electron chi connectivity index (χ4n) is 1.57. The maximum Gasteiger partial charge on any atom is 0.0900 e. The lowest BCUT2D eigenvalue weighted by molar-refractivity contribution is 0.0422. The van der Waals surface area contributed by atoms with Crippen molar-refractivity contribution >= 4 is 11.3 Å². The second-order valence-electron chi connectivity index (χ2n) is 4.17. The normalized spacial score (nSPS) is 12.9. The molecule has 0 aromatic carbocycles. The van der Waals surface area contributed by atoms with Crippen LogP contribution in [0.5, 0.6) is 0 Å². The van der Waals surface area contributed by atoms with Crippen LogP contribution in [0.2, 0.25) is 0 Å². The van der Waals surface area contributed by atoms with E-state index in [0.29, 0.717) is 12.7 Å². The summed E-state index contributed by atoms with van der Waals surface area (Å²) in [6.07, 6.45) is 3.68. The minimum Gasteiger partial charge on any atom is -0.382 e. The van der Waals surface area contributed by atoms with Crippen molar-refractivity contribution in [2.24, 2.45) is 0 Å². The third-order valence-corrected chi connectivity index (χ3v) is 3.36. The molecule has 0 aliphatic carbocycles. The molecule has 0 amide bonds. The van der Waals surface area contributed by atoms with E-state index in [-0.39, 0.29) is 0 Å². The Hall–Kier alpha value is -0.450. The number of nitrogens with zero attached hydrogens (tertiary/aromatic N) is 1. The van der Waals surface area contributed by atoms with Crippen molar-refractivity contribution in [2.45, 2.75) is 52.7 Å². The van der Waals surface area contributed by atoms with Gasteiger partial charge in [0.05, 0.1) is 23.4 Å². The molecular weight excluding hydrogens is 234 g/mol. The Morgan fingerprint density at radius 2 is 2.24 bits per heavy atom. The van der Waals surface area contributed by atoms with E-state index in [1.165, 1.54) is 0 Å². The molecule has 0 N–H and O–H groups in total. The molecule has 1 rings (SSSR count). The van der Waals surface area contributed by atoms with Gasteiger partial charge in [-0.1, -0.05) is 0 Å². The zero-order chi connectivity index (χ0) is 12.5. The number of hydrogen-bond acceptors (Lipinski definition) is 4. The van der Waals surface area contributed by atoms with Gasteiger partial charge in [-0.15, -0.1) is 11.3 Å². The predicted octanol–water partition coefficient (Wildman–Crippen LogP) is 3.56. The first-order valence-electron chi connectivity index (χ1n) is 6.32. The summed E-state index contributed by atoms with van der Waals surface area (Å²) in [5.74, 6) is 0. The highest BCUT2D eigenvalue weighted by Crippen LogP contribution is 2.11. The highest BCUT2D eigenvalue weighted by Gasteiger charge is 2.04. The van der Waals surface area contributed by atoms with Gasteiger partial charge in [0.2, 0.25) is 0 Å². The molecule has 4 heteroatoms.